The Balaban J connectivity index is 1.91. The molecule has 1 aliphatic rings. The van der Waals surface area contributed by atoms with Crippen LogP contribution < -0.4 is 16.4 Å². The second-order valence-electron chi connectivity index (χ2n) is 4.35. The summed E-state index contributed by atoms with van der Waals surface area (Å²) in [5.74, 6) is -0.190. The van der Waals surface area contributed by atoms with Crippen LogP contribution in [0.3, 0.4) is 0 Å². The first-order chi connectivity index (χ1) is 8.70. The third-order valence-electron chi connectivity index (χ3n) is 3.10. The second-order valence-corrected chi connectivity index (χ2v) is 4.35. The molecule has 1 fully saturated rings. The molecule has 1 atom stereocenters. The summed E-state index contributed by atoms with van der Waals surface area (Å²) >= 11 is 0. The van der Waals surface area contributed by atoms with Gasteiger partial charge < -0.3 is 16.4 Å². The third-order valence-corrected chi connectivity index (χ3v) is 3.10. The molecule has 0 bridgehead atoms. The molecule has 2 rings (SSSR count). The third kappa shape index (κ3) is 2.87. The van der Waals surface area contributed by atoms with Crippen LogP contribution in [0.4, 0.5) is 0 Å². The second kappa shape index (κ2) is 5.64. The highest BCUT2D eigenvalue weighted by Gasteiger charge is 2.26. The quantitative estimate of drug-likeness (QED) is 0.702. The lowest BCUT2D eigenvalue weighted by molar-refractivity contribution is -0.125. The Morgan fingerprint density at radius 3 is 2.72 bits per heavy atom. The Hall–Kier alpha value is -1.88. The first-order valence-electron chi connectivity index (χ1n) is 6.04. The van der Waals surface area contributed by atoms with Crippen molar-refractivity contribution < 1.29 is 9.59 Å². The summed E-state index contributed by atoms with van der Waals surface area (Å²) in [6, 6.07) is 7.33. The summed E-state index contributed by atoms with van der Waals surface area (Å²) in [5, 5.41) is 5.47. The van der Waals surface area contributed by atoms with Crippen LogP contribution in [0.5, 0.6) is 0 Å². The van der Waals surface area contributed by atoms with Crippen molar-refractivity contribution in [1.82, 2.24) is 10.6 Å². The van der Waals surface area contributed by atoms with E-state index in [4.69, 9.17) is 5.73 Å². The van der Waals surface area contributed by atoms with Gasteiger partial charge in [0.25, 0.3) is 0 Å². The molecule has 1 aliphatic heterocycles. The fraction of sp³-hybridized carbons (Fsp3) is 0.385. The van der Waals surface area contributed by atoms with Crippen molar-refractivity contribution in [2.75, 3.05) is 0 Å². The fourth-order valence-corrected chi connectivity index (χ4v) is 2.05. The number of amides is 2. The number of nitrogens with one attached hydrogen (secondary N) is 2. The highest BCUT2D eigenvalue weighted by Crippen LogP contribution is 2.09. The van der Waals surface area contributed by atoms with Crippen LogP contribution in [-0.2, 0) is 22.7 Å². The maximum Gasteiger partial charge on any atom is 0.242 e. The van der Waals surface area contributed by atoms with Gasteiger partial charge in [-0.25, -0.2) is 0 Å². The zero-order chi connectivity index (χ0) is 13.0. The standard InChI is InChI=1S/C13H17N3O2/c14-7-9-3-1-2-4-10(9)8-15-13(18)11-5-6-12(17)16-11/h1-4,11H,5-8,14H2,(H,15,18)(H,16,17)/t11-/m1/s1. The molecule has 0 radical (unpaired) electrons. The molecule has 0 unspecified atom stereocenters. The van der Waals surface area contributed by atoms with Crippen LogP contribution >= 0.6 is 0 Å². The molecule has 5 nitrogen and oxygen atoms in total. The van der Waals surface area contributed by atoms with E-state index in [0.717, 1.165) is 11.1 Å². The highest BCUT2D eigenvalue weighted by molar-refractivity contribution is 5.90. The van der Waals surface area contributed by atoms with Gasteiger partial charge in [0, 0.05) is 19.5 Å². The number of benzene rings is 1. The van der Waals surface area contributed by atoms with Gasteiger partial charge in [0.2, 0.25) is 11.8 Å². The minimum absolute atomic E-state index is 0.0579. The van der Waals surface area contributed by atoms with E-state index in [1.54, 1.807) is 0 Å². The van der Waals surface area contributed by atoms with Gasteiger partial charge in [-0.1, -0.05) is 24.3 Å². The first-order valence-corrected chi connectivity index (χ1v) is 6.04. The molecule has 2 amide bonds. The summed E-state index contributed by atoms with van der Waals surface area (Å²) in [4.78, 5) is 22.8. The number of rotatable bonds is 4. The van der Waals surface area contributed by atoms with Gasteiger partial charge in [0.1, 0.15) is 6.04 Å². The van der Waals surface area contributed by atoms with Crippen LogP contribution in [0.2, 0.25) is 0 Å². The first kappa shape index (κ1) is 12.6. The van der Waals surface area contributed by atoms with Crippen molar-refractivity contribution in [3.63, 3.8) is 0 Å². The number of nitrogens with two attached hydrogens (primary N) is 1. The van der Waals surface area contributed by atoms with Crippen LogP contribution in [0, 0.1) is 0 Å². The lowest BCUT2D eigenvalue weighted by atomic mass is 10.1. The summed E-state index contributed by atoms with van der Waals surface area (Å²) in [7, 11) is 0. The molecular weight excluding hydrogens is 230 g/mol. The number of hydrogen-bond donors (Lipinski definition) is 3. The Morgan fingerprint density at radius 2 is 2.11 bits per heavy atom. The average Bonchev–Trinajstić information content (AvgIpc) is 2.83. The molecule has 96 valence electrons. The summed E-state index contributed by atoms with van der Waals surface area (Å²) in [6.45, 7) is 0.894. The van der Waals surface area contributed by atoms with Crippen molar-refractivity contribution in [3.8, 4) is 0 Å². The molecule has 1 aromatic rings. The van der Waals surface area contributed by atoms with Crippen molar-refractivity contribution in [2.45, 2.75) is 32.0 Å². The molecular formula is C13H17N3O2. The summed E-state index contributed by atoms with van der Waals surface area (Å²) < 4.78 is 0. The van der Waals surface area contributed by atoms with Crippen molar-refractivity contribution in [2.24, 2.45) is 5.73 Å². The number of hydrogen-bond acceptors (Lipinski definition) is 3. The van der Waals surface area contributed by atoms with E-state index in [9.17, 15) is 9.59 Å². The summed E-state index contributed by atoms with van der Waals surface area (Å²) in [5.41, 5.74) is 7.66. The highest BCUT2D eigenvalue weighted by atomic mass is 16.2. The van der Waals surface area contributed by atoms with Crippen molar-refractivity contribution in [1.29, 1.82) is 0 Å². The topological polar surface area (TPSA) is 84.2 Å². The largest absolute Gasteiger partial charge is 0.350 e. The lowest BCUT2D eigenvalue weighted by Crippen LogP contribution is -2.41. The molecule has 1 aromatic carbocycles. The minimum atomic E-state index is -0.387. The van der Waals surface area contributed by atoms with Crippen LogP contribution in [-0.4, -0.2) is 17.9 Å². The monoisotopic (exact) mass is 247 g/mol. The SMILES string of the molecule is NCc1ccccc1CNC(=O)[C@H]1CCC(=O)N1. The van der Waals surface area contributed by atoms with Gasteiger partial charge >= 0.3 is 0 Å². The van der Waals surface area contributed by atoms with Crippen molar-refractivity contribution >= 4 is 11.8 Å². The molecule has 1 saturated heterocycles. The van der Waals surface area contributed by atoms with Gasteiger partial charge in [0.05, 0.1) is 0 Å². The van der Waals surface area contributed by atoms with E-state index in [1.165, 1.54) is 0 Å². The molecule has 0 aromatic heterocycles. The van der Waals surface area contributed by atoms with E-state index >= 15 is 0 Å². The van der Waals surface area contributed by atoms with Gasteiger partial charge in [0.15, 0.2) is 0 Å². The summed E-state index contributed by atoms with van der Waals surface area (Å²) in [6.07, 6.45) is 1.00. The molecule has 1 heterocycles. The fourth-order valence-electron chi connectivity index (χ4n) is 2.05. The number of carbonyl (C=O) groups is 2. The predicted octanol–water partition coefficient (Wildman–Crippen LogP) is 0.0401. The average molecular weight is 247 g/mol. The van der Waals surface area contributed by atoms with Gasteiger partial charge in [-0.3, -0.25) is 9.59 Å². The molecule has 0 saturated carbocycles. The maximum absolute atomic E-state index is 11.8. The zero-order valence-corrected chi connectivity index (χ0v) is 10.1. The van der Waals surface area contributed by atoms with Crippen molar-refractivity contribution in [3.05, 3.63) is 35.4 Å². The Kier molecular flexibility index (Phi) is 3.94. The van der Waals surface area contributed by atoms with Crippen LogP contribution in [0.15, 0.2) is 24.3 Å². The number of carbonyl (C=O) groups excluding carboxylic acids is 2. The molecule has 4 N–H and O–H groups in total. The lowest BCUT2D eigenvalue weighted by Gasteiger charge is -2.12. The maximum atomic E-state index is 11.8. The van der Waals surface area contributed by atoms with E-state index in [-0.39, 0.29) is 17.9 Å². The minimum Gasteiger partial charge on any atom is -0.350 e. The smallest absolute Gasteiger partial charge is 0.242 e. The molecule has 0 spiro atoms. The zero-order valence-electron chi connectivity index (χ0n) is 10.1. The Bertz CT molecular complexity index is 459. The van der Waals surface area contributed by atoms with E-state index in [0.29, 0.717) is 25.9 Å². The van der Waals surface area contributed by atoms with Crippen LogP contribution in [0.1, 0.15) is 24.0 Å². The van der Waals surface area contributed by atoms with E-state index in [2.05, 4.69) is 10.6 Å². The Labute approximate surface area is 106 Å². The van der Waals surface area contributed by atoms with Gasteiger partial charge in [-0.15, -0.1) is 0 Å². The molecule has 5 heteroatoms. The Morgan fingerprint density at radius 1 is 1.39 bits per heavy atom. The van der Waals surface area contributed by atoms with Gasteiger partial charge in [-0.2, -0.15) is 0 Å². The molecule has 18 heavy (non-hydrogen) atoms. The van der Waals surface area contributed by atoms with Gasteiger partial charge in [-0.05, 0) is 17.5 Å². The predicted molar refractivity (Wildman–Crippen MR) is 67.3 cm³/mol. The van der Waals surface area contributed by atoms with E-state index in [1.807, 2.05) is 24.3 Å². The van der Waals surface area contributed by atoms with E-state index < -0.39 is 0 Å². The molecule has 0 aliphatic carbocycles. The van der Waals surface area contributed by atoms with Crippen LogP contribution in [0.25, 0.3) is 0 Å². The normalized spacial score (nSPS) is 18.5.